The summed E-state index contributed by atoms with van der Waals surface area (Å²) in [5.41, 5.74) is 1.90. The van der Waals surface area contributed by atoms with Gasteiger partial charge in [-0.3, -0.25) is 13.9 Å². The molecule has 2 heterocycles. The first-order valence-electron chi connectivity index (χ1n) is 8.50. The molecule has 1 fully saturated rings. The average molecular weight is 347 g/mol. The lowest BCUT2D eigenvalue weighted by atomic mass is 10.2. The van der Waals surface area contributed by atoms with Gasteiger partial charge in [-0.05, 0) is 19.1 Å². The van der Waals surface area contributed by atoms with Gasteiger partial charge in [0, 0.05) is 73.0 Å². The van der Waals surface area contributed by atoms with Crippen molar-refractivity contribution in [2.45, 2.75) is 13.5 Å². The molecule has 1 saturated heterocycles. The van der Waals surface area contributed by atoms with E-state index < -0.39 is 10.8 Å². The topological polar surface area (TPSA) is 45.6 Å². The van der Waals surface area contributed by atoms with Crippen LogP contribution < -0.4 is 0 Å². The van der Waals surface area contributed by atoms with Gasteiger partial charge >= 0.3 is 0 Å². The van der Waals surface area contributed by atoms with Crippen LogP contribution in [0.25, 0.3) is 10.9 Å². The second kappa shape index (κ2) is 7.49. The Morgan fingerprint density at radius 2 is 1.88 bits per heavy atom. The maximum absolute atomic E-state index is 13.0. The van der Waals surface area contributed by atoms with Crippen molar-refractivity contribution >= 4 is 27.6 Å². The van der Waals surface area contributed by atoms with E-state index in [2.05, 4.69) is 28.5 Å². The Balaban J connectivity index is 1.71. The maximum atomic E-state index is 13.0. The molecule has 0 unspecified atom stereocenters. The van der Waals surface area contributed by atoms with Gasteiger partial charge in [-0.1, -0.05) is 18.2 Å². The number of piperazine rings is 1. The fraction of sp³-hybridized carbons (Fsp3) is 0.500. The van der Waals surface area contributed by atoms with Gasteiger partial charge in [-0.25, -0.2) is 0 Å². The fourth-order valence-corrected chi connectivity index (χ4v) is 3.84. The third-order valence-corrected chi connectivity index (χ3v) is 5.46. The molecular weight excluding hydrogens is 322 g/mol. The van der Waals surface area contributed by atoms with E-state index in [1.54, 1.807) is 6.26 Å². The van der Waals surface area contributed by atoms with Crippen molar-refractivity contribution in [2.24, 2.45) is 0 Å². The number of benzene rings is 1. The van der Waals surface area contributed by atoms with Crippen molar-refractivity contribution in [3.63, 3.8) is 0 Å². The van der Waals surface area contributed by atoms with Crippen molar-refractivity contribution in [1.29, 1.82) is 0 Å². The van der Waals surface area contributed by atoms with E-state index in [4.69, 9.17) is 0 Å². The van der Waals surface area contributed by atoms with Gasteiger partial charge in [0.15, 0.2) is 0 Å². The molecule has 1 aliphatic rings. The molecule has 2 aromatic rings. The van der Waals surface area contributed by atoms with Crippen molar-refractivity contribution in [3.05, 3.63) is 36.0 Å². The fourth-order valence-electron chi connectivity index (χ4n) is 3.32. The molecule has 6 heteroatoms. The van der Waals surface area contributed by atoms with Crippen LogP contribution in [-0.4, -0.2) is 69.2 Å². The first kappa shape index (κ1) is 17.2. The second-order valence-corrected chi connectivity index (χ2v) is 7.80. The lowest BCUT2D eigenvalue weighted by molar-refractivity contribution is 0.0634. The number of hydrogen-bond donors (Lipinski definition) is 0. The van der Waals surface area contributed by atoms with Gasteiger partial charge in [0.2, 0.25) is 0 Å². The molecule has 130 valence electrons. The predicted octanol–water partition coefficient (Wildman–Crippen LogP) is 1.80. The largest absolute Gasteiger partial charge is 0.337 e. The molecule has 1 aliphatic heterocycles. The SMILES string of the molecule is CCn1c(C(=O)N2CCN(CC[S@](C)=O)CC2)cc2ccccc21. The molecule has 0 saturated carbocycles. The lowest BCUT2D eigenvalue weighted by Crippen LogP contribution is -2.49. The maximum Gasteiger partial charge on any atom is 0.270 e. The Morgan fingerprint density at radius 1 is 1.17 bits per heavy atom. The molecule has 0 aliphatic carbocycles. The Hall–Kier alpha value is -1.66. The highest BCUT2D eigenvalue weighted by Gasteiger charge is 2.24. The van der Waals surface area contributed by atoms with Crippen LogP contribution in [0.4, 0.5) is 0 Å². The highest BCUT2D eigenvalue weighted by molar-refractivity contribution is 7.84. The van der Waals surface area contributed by atoms with Crippen LogP contribution in [0.1, 0.15) is 17.4 Å². The van der Waals surface area contributed by atoms with Crippen molar-refractivity contribution in [1.82, 2.24) is 14.4 Å². The number of aromatic nitrogens is 1. The first-order valence-corrected chi connectivity index (χ1v) is 10.2. The Morgan fingerprint density at radius 3 is 2.54 bits per heavy atom. The number of carbonyl (C=O) groups is 1. The molecule has 0 spiro atoms. The van der Waals surface area contributed by atoms with E-state index in [-0.39, 0.29) is 5.91 Å². The summed E-state index contributed by atoms with van der Waals surface area (Å²) in [6.07, 6.45) is 1.74. The minimum atomic E-state index is -0.753. The Bertz CT molecular complexity index is 748. The summed E-state index contributed by atoms with van der Waals surface area (Å²) in [6.45, 7) is 6.90. The van der Waals surface area contributed by atoms with E-state index in [0.717, 1.165) is 55.9 Å². The van der Waals surface area contributed by atoms with Crippen LogP contribution in [0, 0.1) is 0 Å². The summed E-state index contributed by atoms with van der Waals surface area (Å²) >= 11 is 0. The van der Waals surface area contributed by atoms with Crippen LogP contribution >= 0.6 is 0 Å². The van der Waals surface area contributed by atoms with Gasteiger partial charge in [-0.2, -0.15) is 0 Å². The minimum Gasteiger partial charge on any atom is -0.337 e. The molecule has 3 rings (SSSR count). The molecule has 1 aromatic heterocycles. The average Bonchev–Trinajstić information content (AvgIpc) is 2.98. The summed E-state index contributed by atoms with van der Waals surface area (Å²) < 4.78 is 13.3. The number of para-hydroxylation sites is 1. The molecule has 5 nitrogen and oxygen atoms in total. The number of rotatable bonds is 5. The molecular formula is C18H25N3O2S. The van der Waals surface area contributed by atoms with E-state index >= 15 is 0 Å². The number of amides is 1. The second-order valence-electron chi connectivity index (χ2n) is 6.24. The van der Waals surface area contributed by atoms with Crippen LogP contribution in [-0.2, 0) is 17.3 Å². The third kappa shape index (κ3) is 3.54. The monoisotopic (exact) mass is 347 g/mol. The summed E-state index contributed by atoms with van der Waals surface area (Å²) in [4.78, 5) is 17.2. The highest BCUT2D eigenvalue weighted by Crippen LogP contribution is 2.21. The van der Waals surface area contributed by atoms with Crippen molar-refractivity contribution in [2.75, 3.05) is 44.7 Å². The van der Waals surface area contributed by atoms with E-state index in [0.29, 0.717) is 5.75 Å². The zero-order valence-corrected chi connectivity index (χ0v) is 15.2. The number of fused-ring (bicyclic) bond motifs is 1. The molecule has 1 amide bonds. The zero-order chi connectivity index (χ0) is 17.1. The smallest absolute Gasteiger partial charge is 0.270 e. The Kier molecular flexibility index (Phi) is 5.36. The highest BCUT2D eigenvalue weighted by atomic mass is 32.2. The van der Waals surface area contributed by atoms with Crippen LogP contribution in [0.2, 0.25) is 0 Å². The van der Waals surface area contributed by atoms with Crippen molar-refractivity contribution in [3.8, 4) is 0 Å². The molecule has 24 heavy (non-hydrogen) atoms. The summed E-state index contributed by atoms with van der Waals surface area (Å²) in [5, 5.41) is 1.12. The predicted molar refractivity (Wildman–Crippen MR) is 98.9 cm³/mol. The lowest BCUT2D eigenvalue weighted by Gasteiger charge is -2.34. The number of hydrogen-bond acceptors (Lipinski definition) is 3. The molecule has 1 atom stereocenters. The molecule has 1 aromatic carbocycles. The van der Waals surface area contributed by atoms with E-state index in [9.17, 15) is 9.00 Å². The van der Waals surface area contributed by atoms with E-state index in [1.165, 1.54) is 0 Å². The zero-order valence-electron chi connectivity index (χ0n) is 14.4. The van der Waals surface area contributed by atoms with Gasteiger partial charge in [0.25, 0.3) is 5.91 Å². The summed E-state index contributed by atoms with van der Waals surface area (Å²) in [7, 11) is -0.753. The summed E-state index contributed by atoms with van der Waals surface area (Å²) in [6, 6.07) is 10.2. The van der Waals surface area contributed by atoms with Crippen LogP contribution in [0.15, 0.2) is 30.3 Å². The minimum absolute atomic E-state index is 0.117. The number of carbonyl (C=O) groups excluding carboxylic acids is 1. The van der Waals surface area contributed by atoms with Crippen LogP contribution in [0.3, 0.4) is 0 Å². The summed E-state index contributed by atoms with van der Waals surface area (Å²) in [5.74, 6) is 0.824. The van der Waals surface area contributed by atoms with Crippen LogP contribution in [0.5, 0.6) is 0 Å². The number of nitrogens with zero attached hydrogens (tertiary/aromatic N) is 3. The molecule has 0 N–H and O–H groups in total. The molecule has 0 bridgehead atoms. The van der Waals surface area contributed by atoms with Crippen molar-refractivity contribution < 1.29 is 9.00 Å². The normalized spacial score (nSPS) is 17.3. The standard InChI is InChI=1S/C18H25N3O2S/c1-3-21-16-7-5-4-6-15(16)14-17(21)18(22)20-10-8-19(9-11-20)12-13-24(2)23/h4-7,14H,3,8-13H2,1-2H3/t24-/m0/s1. The van der Waals surface area contributed by atoms with Gasteiger partial charge < -0.3 is 9.47 Å². The molecule has 0 radical (unpaired) electrons. The third-order valence-electron chi connectivity index (χ3n) is 4.70. The first-order chi connectivity index (χ1) is 11.6. The quantitative estimate of drug-likeness (QED) is 0.828. The number of aryl methyl sites for hydroxylation is 1. The Labute approximate surface area is 145 Å². The van der Waals surface area contributed by atoms with Gasteiger partial charge in [0.05, 0.1) is 0 Å². The van der Waals surface area contributed by atoms with E-state index in [1.807, 2.05) is 23.1 Å². The van der Waals surface area contributed by atoms with Gasteiger partial charge in [-0.15, -0.1) is 0 Å². The van der Waals surface area contributed by atoms with Gasteiger partial charge in [0.1, 0.15) is 5.69 Å².